The number of hydrogen-bond acceptors (Lipinski definition) is 0. The molecule has 0 aliphatic rings. The van der Waals surface area contributed by atoms with Crippen molar-refractivity contribution >= 4 is 35.1 Å². The smallest absolute Gasteiger partial charge is 0.807 e. The zero-order chi connectivity index (χ0) is 64.2. The van der Waals surface area contributed by atoms with E-state index >= 15 is 35.1 Å². The van der Waals surface area contributed by atoms with Gasteiger partial charge in [0.2, 0.25) is 0 Å². The molecule has 82 heavy (non-hydrogen) atoms. The number of halogens is 20. The summed E-state index contributed by atoms with van der Waals surface area (Å²) in [5.74, 6) is -71.0. The van der Waals surface area contributed by atoms with Crippen LogP contribution in [0.5, 0.6) is 0 Å². The average Bonchev–Trinajstić information content (AvgIpc) is 3.51. The van der Waals surface area contributed by atoms with E-state index in [4.69, 9.17) is 0 Å². The van der Waals surface area contributed by atoms with E-state index in [1.165, 1.54) is 27.8 Å². The Morgan fingerprint density at radius 2 is 0.549 bits per heavy atom. The minimum Gasteiger partial charge on any atom is -0.807 e. The summed E-state index contributed by atoms with van der Waals surface area (Å²) in [5.41, 5.74) is -6.43. The predicted molar refractivity (Wildman–Crippen MR) is 281 cm³/mol. The van der Waals surface area contributed by atoms with Gasteiger partial charge in [-0.2, -0.15) is 27.8 Å². The van der Waals surface area contributed by atoms with E-state index in [0.717, 1.165) is 0 Å². The molecule has 0 amide bonds. The molecule has 454 valence electrons. The fraction of sp³-hybridized carbons (Fsp3) is 0.448. The number of hydrogen-bond donors (Lipinski definition) is 0. The van der Waals surface area contributed by atoms with Gasteiger partial charge in [-0.15, -0.1) is 33.8 Å². The van der Waals surface area contributed by atoms with E-state index in [9.17, 15) is 57.8 Å². The molecule has 5 aromatic carbocycles. The topological polar surface area (TPSA) is 22.3 Å². The number of allylic oxidation sites excluding steroid dienone is 2. The van der Waals surface area contributed by atoms with Gasteiger partial charge in [-0.1, -0.05) is 150 Å². The predicted octanol–water partition coefficient (Wildman–Crippen LogP) is 18.0. The van der Waals surface area contributed by atoms with Gasteiger partial charge in [0, 0.05) is 0 Å². The molecule has 0 N–H and O–H groups in total. The number of rotatable bonds is 5. The van der Waals surface area contributed by atoms with E-state index in [2.05, 4.69) is 158 Å². The first-order chi connectivity index (χ1) is 36.1. The van der Waals surface area contributed by atoms with E-state index in [-0.39, 0.29) is 48.0 Å². The summed E-state index contributed by atoms with van der Waals surface area (Å²) in [6.45, 7) is 47.9. The first-order valence-corrected chi connectivity index (χ1v) is 26.4. The first kappa shape index (κ1) is 75.6. The Bertz CT molecular complexity index is 2770. The third-order valence-electron chi connectivity index (χ3n) is 14.4. The summed E-state index contributed by atoms with van der Waals surface area (Å²) in [6, 6.07) is 0. The largest absolute Gasteiger partial charge is 4.00 e. The molecule has 0 aliphatic carbocycles. The normalized spacial score (nSPS) is 13.0. The van der Waals surface area contributed by atoms with Gasteiger partial charge >= 0.3 is 21.7 Å². The maximum absolute atomic E-state index is 15.4. The molecule has 5 rings (SSSR count). The molecular formula is C58H65BF20NPTi. The van der Waals surface area contributed by atoms with Crippen LogP contribution in [0.25, 0.3) is 5.16 Å². The van der Waals surface area contributed by atoms with E-state index in [1.807, 2.05) is 0 Å². The number of nitrogens with zero attached hydrogens (tertiary/aromatic N) is 1. The van der Waals surface area contributed by atoms with Crippen LogP contribution >= 0.6 is 7.05 Å². The Labute approximate surface area is 481 Å². The molecule has 0 unspecified atom stereocenters. The monoisotopic (exact) mass is 1250 g/mol. The van der Waals surface area contributed by atoms with Gasteiger partial charge in [-0.05, 0) is 20.9 Å². The molecule has 0 bridgehead atoms. The van der Waals surface area contributed by atoms with Gasteiger partial charge in [0.1, 0.15) is 52.7 Å². The molecule has 0 fully saturated rings. The Kier molecular flexibility index (Phi) is 24.0. The summed E-state index contributed by atoms with van der Waals surface area (Å²) in [4.78, 5) is 0. The summed E-state index contributed by atoms with van der Waals surface area (Å²) in [7, 11) is -2.02. The van der Waals surface area contributed by atoms with Crippen LogP contribution in [0, 0.1) is 175 Å². The molecule has 0 aromatic heterocycles. The summed E-state index contributed by atoms with van der Waals surface area (Å²) < 4.78 is 294. The van der Waals surface area contributed by atoms with Crippen molar-refractivity contribution in [2.75, 3.05) is 0 Å². The second-order valence-electron chi connectivity index (χ2n) is 24.8. The third-order valence-corrected chi connectivity index (χ3v) is 20.2. The summed E-state index contributed by atoms with van der Waals surface area (Å²) in [5, 5.41) is 11.1. The van der Waals surface area contributed by atoms with Gasteiger partial charge in [-0.3, -0.25) is 0 Å². The van der Waals surface area contributed by atoms with Crippen LogP contribution in [0.2, 0.25) is 0 Å². The van der Waals surface area contributed by atoms with Crippen molar-refractivity contribution in [3.63, 3.8) is 0 Å². The van der Waals surface area contributed by atoms with Gasteiger partial charge in [-0.25, -0.2) is 94.9 Å². The van der Waals surface area contributed by atoms with E-state index in [0.29, 0.717) is 5.92 Å². The minimum atomic E-state index is -7.22. The average molecular weight is 1250 g/mol. The Morgan fingerprint density at radius 1 is 0.378 bits per heavy atom. The van der Waals surface area contributed by atoms with Gasteiger partial charge < -0.3 is 12.1 Å². The van der Waals surface area contributed by atoms with Crippen molar-refractivity contribution in [2.45, 2.75) is 154 Å². The molecule has 0 saturated heterocycles. The van der Waals surface area contributed by atoms with Crippen LogP contribution in [-0.4, -0.2) is 21.6 Å². The Morgan fingerprint density at radius 3 is 0.659 bits per heavy atom. The maximum atomic E-state index is 15.4. The maximum Gasteiger partial charge on any atom is 4.00 e. The summed E-state index contributed by atoms with van der Waals surface area (Å²) >= 11 is 0. The van der Waals surface area contributed by atoms with Gasteiger partial charge in [0.25, 0.3) is 0 Å². The molecule has 1 nitrogen and oxygen atoms in total. The second kappa shape index (κ2) is 26.1. The molecule has 0 spiro atoms. The SMILES string of the molecule is CC(C)(C)P(=[N-])(C(C)(C)C)C(C)(C)C.Cc1c(C)c(C)[c-](C)c1C.Fc1c(F)c(F)c([B-](c2c(F)c(F)c(F)c(F)c2F)(c2c(F)c(F)c(F)c(F)c2F)c2c(F)c(F)c(F)c(F)c2F)c(F)c1F.[CH2-][C@@H](/C=C/C(C)(C)C)C(C)(C)C.[Ti+4]. The molecular weight excluding hydrogens is 1180 g/mol. The third kappa shape index (κ3) is 13.8. The van der Waals surface area contributed by atoms with Crippen molar-refractivity contribution < 1.29 is 110 Å². The fourth-order valence-corrected chi connectivity index (χ4v) is 16.0. The van der Waals surface area contributed by atoms with Crippen LogP contribution in [0.15, 0.2) is 12.2 Å². The molecule has 0 radical (unpaired) electrons. The fourth-order valence-electron chi connectivity index (χ4n) is 9.99. The Balaban J connectivity index is 0.000000732. The molecule has 5 aromatic rings. The van der Waals surface area contributed by atoms with Crippen LogP contribution in [0.1, 0.15) is 132 Å². The van der Waals surface area contributed by atoms with Crippen LogP contribution in [0.4, 0.5) is 87.8 Å². The van der Waals surface area contributed by atoms with Gasteiger partial charge in [0.15, 0.2) is 69.8 Å². The van der Waals surface area contributed by atoms with Crippen molar-refractivity contribution in [1.29, 1.82) is 0 Å². The van der Waals surface area contributed by atoms with Crippen molar-refractivity contribution in [3.8, 4) is 0 Å². The second-order valence-corrected chi connectivity index (χ2v) is 30.1. The van der Waals surface area contributed by atoms with Crippen molar-refractivity contribution in [2.24, 2.45) is 16.7 Å². The quantitative estimate of drug-likeness (QED) is 0.0318. The standard InChI is InChI=1S/C24BF20.C12H27NP.C12H23.C10H15.Ti/c26-5-1(6(27)14(35)21(42)13(5)34)25(2-7(28)15(36)22(43)16(37)8(2)29,3-9(30)17(38)23(44)18(39)10(3)31)4-11(32)19(40)24(45)20(41)12(4)33;1-10(2,3)14(13,11(4,5)6)12(7,8)9;1-10(12(5,6)7)8-9-11(2,3)4;1-6-7(2)9(4)10(5)8(6)3;/h;1-9H3;8-10H,1H2,2-7H3;1-5H3;/q4*-1;+4/b;;9-8+;;/t;;10-;;/m..0../s1. The van der Waals surface area contributed by atoms with E-state index in [1.54, 1.807) is 0 Å². The van der Waals surface area contributed by atoms with Crippen molar-refractivity contribution in [1.82, 2.24) is 0 Å². The van der Waals surface area contributed by atoms with Crippen molar-refractivity contribution in [3.05, 3.63) is 168 Å². The zero-order valence-corrected chi connectivity index (χ0v) is 51.4. The molecule has 1 atom stereocenters. The number of benzene rings is 4. The van der Waals surface area contributed by atoms with Crippen LogP contribution in [0.3, 0.4) is 0 Å². The first-order valence-electron chi connectivity index (χ1n) is 24.7. The van der Waals surface area contributed by atoms with Gasteiger partial charge in [0.05, 0.1) is 0 Å². The summed E-state index contributed by atoms with van der Waals surface area (Å²) in [6.07, 6.45) is -2.75. The van der Waals surface area contributed by atoms with Crippen LogP contribution < -0.4 is 21.9 Å². The Hall–Kier alpha value is -4.42. The minimum absolute atomic E-state index is 0. The van der Waals surface area contributed by atoms with E-state index < -0.39 is 151 Å². The molecule has 0 saturated carbocycles. The van der Waals surface area contributed by atoms with Crippen LogP contribution in [-0.2, 0) is 21.7 Å². The molecule has 0 heterocycles. The molecule has 0 aliphatic heterocycles. The zero-order valence-electron chi connectivity index (χ0n) is 49.0. The molecule has 24 heteroatoms.